The van der Waals surface area contributed by atoms with Gasteiger partial charge in [-0.1, -0.05) is 0 Å². The van der Waals surface area contributed by atoms with Crippen molar-refractivity contribution in [2.45, 2.75) is 6.92 Å². The number of rotatable bonds is 2. The Balaban J connectivity index is 2.52. The highest BCUT2D eigenvalue weighted by Crippen LogP contribution is 2.19. The van der Waals surface area contributed by atoms with Crippen LogP contribution in [0, 0.1) is 12.7 Å². The SMILES string of the molecule is COc1cc(-c2nc(C)c(F)c(N)n2)ncn1. The molecule has 0 aliphatic heterocycles. The van der Waals surface area contributed by atoms with E-state index in [0.29, 0.717) is 11.6 Å². The minimum absolute atomic E-state index is 0.171. The second-order valence-corrected chi connectivity index (χ2v) is 3.28. The van der Waals surface area contributed by atoms with Gasteiger partial charge in [0.25, 0.3) is 0 Å². The number of hydrogen-bond donors (Lipinski definition) is 1. The van der Waals surface area contributed by atoms with Gasteiger partial charge in [0.05, 0.1) is 12.8 Å². The number of aromatic nitrogens is 4. The summed E-state index contributed by atoms with van der Waals surface area (Å²) in [5, 5.41) is 0. The van der Waals surface area contributed by atoms with Gasteiger partial charge in [-0.3, -0.25) is 0 Å². The second kappa shape index (κ2) is 4.28. The predicted molar refractivity (Wildman–Crippen MR) is 58.7 cm³/mol. The van der Waals surface area contributed by atoms with E-state index in [-0.39, 0.29) is 17.3 Å². The molecule has 6 nitrogen and oxygen atoms in total. The zero-order chi connectivity index (χ0) is 12.4. The molecule has 2 aromatic heterocycles. The van der Waals surface area contributed by atoms with Gasteiger partial charge in [0.15, 0.2) is 17.5 Å². The number of nitrogen functional groups attached to an aromatic ring is 1. The maximum absolute atomic E-state index is 13.3. The van der Waals surface area contributed by atoms with E-state index in [4.69, 9.17) is 10.5 Å². The molecule has 0 amide bonds. The molecule has 0 spiro atoms. The lowest BCUT2D eigenvalue weighted by molar-refractivity contribution is 0.397. The zero-order valence-electron chi connectivity index (χ0n) is 9.31. The van der Waals surface area contributed by atoms with Crippen LogP contribution in [-0.4, -0.2) is 27.0 Å². The fraction of sp³-hybridized carbons (Fsp3) is 0.200. The predicted octanol–water partition coefficient (Wildman–Crippen LogP) is 0.972. The number of hydrogen-bond acceptors (Lipinski definition) is 6. The van der Waals surface area contributed by atoms with Crippen LogP contribution in [0.3, 0.4) is 0 Å². The summed E-state index contributed by atoms with van der Waals surface area (Å²) in [6.45, 7) is 1.51. The third kappa shape index (κ3) is 2.12. The van der Waals surface area contributed by atoms with E-state index >= 15 is 0 Å². The molecule has 0 aromatic carbocycles. The first-order valence-corrected chi connectivity index (χ1v) is 4.78. The average molecular weight is 235 g/mol. The molecule has 0 saturated heterocycles. The summed E-state index contributed by atoms with van der Waals surface area (Å²) in [4.78, 5) is 15.6. The molecule has 0 unspecified atom stereocenters. The third-order valence-corrected chi connectivity index (χ3v) is 2.12. The molecule has 0 radical (unpaired) electrons. The van der Waals surface area contributed by atoms with E-state index in [0.717, 1.165) is 0 Å². The molecule has 17 heavy (non-hydrogen) atoms. The minimum Gasteiger partial charge on any atom is -0.481 e. The van der Waals surface area contributed by atoms with Crippen molar-refractivity contribution in [2.75, 3.05) is 12.8 Å². The van der Waals surface area contributed by atoms with E-state index in [1.165, 1.54) is 20.4 Å². The maximum Gasteiger partial charge on any atom is 0.216 e. The van der Waals surface area contributed by atoms with Gasteiger partial charge in [-0.15, -0.1) is 0 Å². The lowest BCUT2D eigenvalue weighted by atomic mass is 10.3. The summed E-state index contributed by atoms with van der Waals surface area (Å²) >= 11 is 0. The first kappa shape index (κ1) is 11.2. The molecular formula is C10H10FN5O. The lowest BCUT2D eigenvalue weighted by Crippen LogP contribution is -2.04. The van der Waals surface area contributed by atoms with Gasteiger partial charge in [-0.25, -0.2) is 24.3 Å². The van der Waals surface area contributed by atoms with Gasteiger partial charge in [-0.2, -0.15) is 0 Å². The molecule has 0 atom stereocenters. The van der Waals surface area contributed by atoms with Crippen LogP contribution in [0.25, 0.3) is 11.5 Å². The third-order valence-electron chi connectivity index (χ3n) is 2.12. The normalized spacial score (nSPS) is 10.3. The molecule has 0 aliphatic rings. The smallest absolute Gasteiger partial charge is 0.216 e. The van der Waals surface area contributed by atoms with Crippen LogP contribution in [0.15, 0.2) is 12.4 Å². The molecule has 88 valence electrons. The quantitative estimate of drug-likeness (QED) is 0.834. The van der Waals surface area contributed by atoms with E-state index in [1.807, 2.05) is 0 Å². The van der Waals surface area contributed by atoms with Crippen molar-refractivity contribution in [3.05, 3.63) is 23.9 Å². The highest BCUT2D eigenvalue weighted by atomic mass is 19.1. The molecule has 2 rings (SSSR count). The van der Waals surface area contributed by atoms with Crippen molar-refractivity contribution >= 4 is 5.82 Å². The van der Waals surface area contributed by atoms with Gasteiger partial charge in [0.1, 0.15) is 12.0 Å². The van der Waals surface area contributed by atoms with E-state index < -0.39 is 5.82 Å². The highest BCUT2D eigenvalue weighted by Gasteiger charge is 2.11. The van der Waals surface area contributed by atoms with Gasteiger partial charge in [-0.05, 0) is 6.92 Å². The van der Waals surface area contributed by atoms with Gasteiger partial charge in [0, 0.05) is 6.07 Å². The van der Waals surface area contributed by atoms with Gasteiger partial charge < -0.3 is 10.5 Å². The molecule has 0 bridgehead atoms. The van der Waals surface area contributed by atoms with Crippen molar-refractivity contribution in [3.8, 4) is 17.4 Å². The molecule has 2 N–H and O–H groups in total. The summed E-state index contributed by atoms with van der Waals surface area (Å²) in [6.07, 6.45) is 1.31. The molecule has 2 heterocycles. The van der Waals surface area contributed by atoms with Crippen LogP contribution >= 0.6 is 0 Å². The average Bonchev–Trinajstić information content (AvgIpc) is 2.35. The van der Waals surface area contributed by atoms with E-state index in [1.54, 1.807) is 6.07 Å². The largest absolute Gasteiger partial charge is 0.481 e. The van der Waals surface area contributed by atoms with Gasteiger partial charge >= 0.3 is 0 Å². The maximum atomic E-state index is 13.3. The van der Waals surface area contributed by atoms with E-state index in [9.17, 15) is 4.39 Å². The van der Waals surface area contributed by atoms with Crippen LogP contribution in [0.4, 0.5) is 10.2 Å². The van der Waals surface area contributed by atoms with Crippen LogP contribution in [0.5, 0.6) is 5.88 Å². The second-order valence-electron chi connectivity index (χ2n) is 3.28. The van der Waals surface area contributed by atoms with E-state index in [2.05, 4.69) is 19.9 Å². The molecule has 0 fully saturated rings. The van der Waals surface area contributed by atoms with Crippen molar-refractivity contribution in [3.63, 3.8) is 0 Å². The Labute approximate surface area is 96.7 Å². The summed E-state index contributed by atoms with van der Waals surface area (Å²) in [5.74, 6) is -0.207. The summed E-state index contributed by atoms with van der Waals surface area (Å²) < 4.78 is 18.2. The Morgan fingerprint density at radius 1 is 1.29 bits per heavy atom. The summed E-state index contributed by atoms with van der Waals surface area (Å²) in [7, 11) is 1.48. The van der Waals surface area contributed by atoms with Crippen molar-refractivity contribution in [1.29, 1.82) is 0 Å². The number of nitrogens with zero attached hydrogens (tertiary/aromatic N) is 4. The fourth-order valence-corrected chi connectivity index (χ4v) is 1.27. The summed E-state index contributed by atoms with van der Waals surface area (Å²) in [5.41, 5.74) is 6.02. The molecule has 0 saturated carbocycles. The van der Waals surface area contributed by atoms with Crippen molar-refractivity contribution < 1.29 is 9.13 Å². The van der Waals surface area contributed by atoms with Crippen molar-refractivity contribution in [2.24, 2.45) is 0 Å². The Hall–Kier alpha value is -2.31. The Kier molecular flexibility index (Phi) is 2.82. The first-order valence-electron chi connectivity index (χ1n) is 4.78. The number of aryl methyl sites for hydroxylation is 1. The minimum atomic E-state index is -0.616. The lowest BCUT2D eigenvalue weighted by Gasteiger charge is -2.04. The summed E-state index contributed by atoms with van der Waals surface area (Å²) in [6, 6.07) is 1.55. The standard InChI is InChI=1S/C10H10FN5O/c1-5-8(11)9(12)16-10(15-5)6-3-7(17-2)14-4-13-6/h3-4H,1-2H3,(H2,12,15,16). The topological polar surface area (TPSA) is 86.8 Å². The number of methoxy groups -OCH3 is 1. The highest BCUT2D eigenvalue weighted by molar-refractivity contribution is 5.53. The fourth-order valence-electron chi connectivity index (χ4n) is 1.27. The van der Waals surface area contributed by atoms with Crippen LogP contribution in [0.1, 0.15) is 5.69 Å². The monoisotopic (exact) mass is 235 g/mol. The molecule has 7 heteroatoms. The Morgan fingerprint density at radius 3 is 2.71 bits per heavy atom. The van der Waals surface area contributed by atoms with Crippen LogP contribution in [-0.2, 0) is 0 Å². The van der Waals surface area contributed by atoms with Crippen LogP contribution < -0.4 is 10.5 Å². The Morgan fingerprint density at radius 2 is 2.06 bits per heavy atom. The van der Waals surface area contributed by atoms with Gasteiger partial charge in [0.2, 0.25) is 5.88 Å². The zero-order valence-corrected chi connectivity index (χ0v) is 9.31. The molecule has 2 aromatic rings. The van der Waals surface area contributed by atoms with Crippen LogP contribution in [0.2, 0.25) is 0 Å². The molecule has 0 aliphatic carbocycles. The number of anilines is 1. The number of nitrogens with two attached hydrogens (primary N) is 1. The number of ether oxygens (including phenoxy) is 1. The Bertz CT molecular complexity index is 537. The van der Waals surface area contributed by atoms with Crippen molar-refractivity contribution in [1.82, 2.24) is 19.9 Å². The number of halogens is 1. The first-order chi connectivity index (χ1) is 8.11. The molecular weight excluding hydrogens is 225 g/mol.